The Labute approximate surface area is 159 Å². The van der Waals surface area contributed by atoms with Crippen LogP contribution >= 0.6 is 0 Å². The molecule has 1 saturated carbocycles. The van der Waals surface area contributed by atoms with Gasteiger partial charge in [-0.3, -0.25) is 9.48 Å². The van der Waals surface area contributed by atoms with Crippen LogP contribution in [0.15, 0.2) is 6.07 Å². The van der Waals surface area contributed by atoms with Gasteiger partial charge in [-0.05, 0) is 38.2 Å². The standard InChI is InChI=1S/C19H29N5O3/c25-18(14-4-3-5-14)23-7-8-24-16(13-23)10-15(22-24)11-20-19(26)21-12-17-6-1-2-9-27-17/h10,14,17H,1-9,11-13H2,(H2,20,21,26)/t17-/m1/s1. The number of hydrogen-bond acceptors (Lipinski definition) is 4. The van der Waals surface area contributed by atoms with E-state index >= 15 is 0 Å². The first-order chi connectivity index (χ1) is 13.2. The highest BCUT2D eigenvalue weighted by molar-refractivity contribution is 5.79. The molecule has 1 atom stereocenters. The number of carbonyl (C=O) groups excluding carboxylic acids is 2. The lowest BCUT2D eigenvalue weighted by molar-refractivity contribution is -0.139. The van der Waals surface area contributed by atoms with E-state index in [9.17, 15) is 9.59 Å². The van der Waals surface area contributed by atoms with Gasteiger partial charge in [-0.1, -0.05) is 6.42 Å². The van der Waals surface area contributed by atoms with Gasteiger partial charge in [0.05, 0.1) is 37.1 Å². The lowest BCUT2D eigenvalue weighted by Gasteiger charge is -2.34. The number of carbonyl (C=O) groups is 2. The molecule has 148 valence electrons. The Hall–Kier alpha value is -2.09. The second-order valence-electron chi connectivity index (χ2n) is 7.79. The molecule has 8 nitrogen and oxygen atoms in total. The van der Waals surface area contributed by atoms with Gasteiger partial charge in [0.1, 0.15) is 0 Å². The van der Waals surface area contributed by atoms with Gasteiger partial charge >= 0.3 is 6.03 Å². The molecule has 1 aromatic heterocycles. The summed E-state index contributed by atoms with van der Waals surface area (Å²) in [6.07, 6.45) is 6.64. The Bertz CT molecular complexity index is 679. The van der Waals surface area contributed by atoms with Gasteiger partial charge in [-0.15, -0.1) is 0 Å². The first-order valence-electron chi connectivity index (χ1n) is 10.2. The maximum Gasteiger partial charge on any atom is 0.315 e. The predicted octanol–water partition coefficient (Wildman–Crippen LogP) is 1.39. The van der Waals surface area contributed by atoms with Crippen LogP contribution < -0.4 is 10.6 Å². The van der Waals surface area contributed by atoms with E-state index in [4.69, 9.17) is 4.74 Å². The second-order valence-corrected chi connectivity index (χ2v) is 7.79. The number of nitrogens with one attached hydrogen (secondary N) is 2. The van der Waals surface area contributed by atoms with Gasteiger partial charge in [-0.25, -0.2) is 4.79 Å². The van der Waals surface area contributed by atoms with Crippen molar-refractivity contribution in [1.82, 2.24) is 25.3 Å². The highest BCUT2D eigenvalue weighted by atomic mass is 16.5. The molecule has 1 saturated heterocycles. The molecule has 0 bridgehead atoms. The number of fused-ring (bicyclic) bond motifs is 1. The van der Waals surface area contributed by atoms with E-state index < -0.39 is 0 Å². The molecule has 2 N–H and O–H groups in total. The molecule has 0 aromatic carbocycles. The fourth-order valence-corrected chi connectivity index (χ4v) is 3.92. The summed E-state index contributed by atoms with van der Waals surface area (Å²) in [4.78, 5) is 26.4. The smallest absolute Gasteiger partial charge is 0.315 e. The van der Waals surface area contributed by atoms with Crippen LogP contribution in [0.1, 0.15) is 49.9 Å². The molecule has 3 heterocycles. The fourth-order valence-electron chi connectivity index (χ4n) is 3.92. The van der Waals surface area contributed by atoms with E-state index in [0.29, 0.717) is 19.6 Å². The molecule has 2 fully saturated rings. The molecule has 3 aliphatic rings. The zero-order valence-corrected chi connectivity index (χ0v) is 15.8. The quantitative estimate of drug-likeness (QED) is 0.814. The summed E-state index contributed by atoms with van der Waals surface area (Å²) in [7, 11) is 0. The summed E-state index contributed by atoms with van der Waals surface area (Å²) in [6, 6.07) is 1.79. The average Bonchev–Trinajstić information content (AvgIpc) is 3.06. The SMILES string of the molecule is O=C(NCc1cc2n(n1)CCN(C(=O)C1CCC1)C2)NC[C@H]1CCCCO1. The van der Waals surface area contributed by atoms with Crippen molar-refractivity contribution >= 4 is 11.9 Å². The van der Waals surface area contributed by atoms with Crippen LogP contribution in [-0.4, -0.2) is 52.4 Å². The molecule has 3 amide bonds. The van der Waals surface area contributed by atoms with Crippen LogP contribution in [0, 0.1) is 5.92 Å². The van der Waals surface area contributed by atoms with Crippen molar-refractivity contribution < 1.29 is 14.3 Å². The molecular weight excluding hydrogens is 346 g/mol. The maximum atomic E-state index is 12.4. The summed E-state index contributed by atoms with van der Waals surface area (Å²) in [5, 5.41) is 10.3. The van der Waals surface area contributed by atoms with E-state index in [1.54, 1.807) is 0 Å². The Morgan fingerprint density at radius 3 is 2.78 bits per heavy atom. The minimum Gasteiger partial charge on any atom is -0.376 e. The molecule has 0 unspecified atom stereocenters. The first-order valence-corrected chi connectivity index (χ1v) is 10.2. The largest absolute Gasteiger partial charge is 0.376 e. The molecule has 27 heavy (non-hydrogen) atoms. The van der Waals surface area contributed by atoms with E-state index in [1.807, 2.05) is 15.6 Å². The van der Waals surface area contributed by atoms with Crippen molar-refractivity contribution in [3.05, 3.63) is 17.5 Å². The van der Waals surface area contributed by atoms with Gasteiger partial charge in [0.2, 0.25) is 5.91 Å². The zero-order chi connectivity index (χ0) is 18.6. The van der Waals surface area contributed by atoms with E-state index in [2.05, 4.69) is 15.7 Å². The van der Waals surface area contributed by atoms with E-state index in [0.717, 1.165) is 63.2 Å². The van der Waals surface area contributed by atoms with Gasteiger partial charge in [0.15, 0.2) is 0 Å². The molecule has 8 heteroatoms. The Balaban J connectivity index is 1.23. The number of amides is 3. The minimum atomic E-state index is -0.197. The summed E-state index contributed by atoms with van der Waals surface area (Å²) in [6.45, 7) is 3.78. The predicted molar refractivity (Wildman–Crippen MR) is 98.8 cm³/mol. The number of ether oxygens (including phenoxy) is 1. The third-order valence-electron chi connectivity index (χ3n) is 5.81. The molecule has 2 aliphatic heterocycles. The van der Waals surface area contributed by atoms with Gasteiger partial charge in [0, 0.05) is 25.6 Å². The van der Waals surface area contributed by atoms with Gasteiger partial charge in [0.25, 0.3) is 0 Å². The third-order valence-corrected chi connectivity index (χ3v) is 5.81. The van der Waals surface area contributed by atoms with Gasteiger partial charge in [-0.2, -0.15) is 5.10 Å². The summed E-state index contributed by atoms with van der Waals surface area (Å²) in [5.74, 6) is 0.523. The van der Waals surface area contributed by atoms with Crippen molar-refractivity contribution in [3.8, 4) is 0 Å². The lowest BCUT2D eigenvalue weighted by atomic mass is 9.84. The highest BCUT2D eigenvalue weighted by Gasteiger charge is 2.31. The molecule has 0 radical (unpaired) electrons. The summed E-state index contributed by atoms with van der Waals surface area (Å²) >= 11 is 0. The highest BCUT2D eigenvalue weighted by Crippen LogP contribution is 2.29. The Morgan fingerprint density at radius 2 is 2.04 bits per heavy atom. The number of aromatic nitrogens is 2. The Kier molecular flexibility index (Phi) is 5.61. The van der Waals surface area contributed by atoms with Crippen LogP contribution in [0.2, 0.25) is 0 Å². The fraction of sp³-hybridized carbons (Fsp3) is 0.737. The second kappa shape index (κ2) is 8.29. The third kappa shape index (κ3) is 4.43. The van der Waals surface area contributed by atoms with Crippen molar-refractivity contribution in [2.75, 3.05) is 19.7 Å². The van der Waals surface area contributed by atoms with Crippen LogP contribution in [-0.2, 0) is 29.2 Å². The average molecular weight is 375 g/mol. The molecule has 1 aromatic rings. The van der Waals surface area contributed by atoms with Crippen LogP contribution in [0.3, 0.4) is 0 Å². The van der Waals surface area contributed by atoms with Crippen LogP contribution in [0.25, 0.3) is 0 Å². The van der Waals surface area contributed by atoms with Crippen molar-refractivity contribution in [2.24, 2.45) is 5.92 Å². The zero-order valence-electron chi connectivity index (χ0n) is 15.8. The summed E-state index contributed by atoms with van der Waals surface area (Å²) < 4.78 is 7.57. The normalized spacial score (nSPS) is 22.7. The summed E-state index contributed by atoms with van der Waals surface area (Å²) in [5.41, 5.74) is 1.87. The van der Waals surface area contributed by atoms with Gasteiger partial charge < -0.3 is 20.3 Å². The Morgan fingerprint density at radius 1 is 1.15 bits per heavy atom. The van der Waals surface area contributed by atoms with Crippen LogP contribution in [0.4, 0.5) is 4.79 Å². The maximum absolute atomic E-state index is 12.4. The number of rotatable bonds is 5. The molecule has 4 rings (SSSR count). The monoisotopic (exact) mass is 375 g/mol. The van der Waals surface area contributed by atoms with Crippen molar-refractivity contribution in [1.29, 1.82) is 0 Å². The lowest BCUT2D eigenvalue weighted by Crippen LogP contribution is -2.43. The van der Waals surface area contributed by atoms with Crippen molar-refractivity contribution in [2.45, 2.75) is 64.3 Å². The topological polar surface area (TPSA) is 88.5 Å². The number of hydrogen-bond donors (Lipinski definition) is 2. The minimum absolute atomic E-state index is 0.128. The van der Waals surface area contributed by atoms with E-state index in [-0.39, 0.29) is 24.0 Å². The first kappa shape index (κ1) is 18.3. The molecular formula is C19H29N5O3. The molecule has 0 spiro atoms. The van der Waals surface area contributed by atoms with E-state index in [1.165, 1.54) is 6.42 Å². The molecule has 1 aliphatic carbocycles. The number of nitrogens with zero attached hydrogens (tertiary/aromatic N) is 3. The number of urea groups is 1. The van der Waals surface area contributed by atoms with Crippen molar-refractivity contribution in [3.63, 3.8) is 0 Å². The van der Waals surface area contributed by atoms with Crippen LogP contribution in [0.5, 0.6) is 0 Å².